The Balaban J connectivity index is 2.19. The second-order valence-corrected chi connectivity index (χ2v) is 4.66. The van der Waals surface area contributed by atoms with Crippen molar-refractivity contribution in [1.82, 2.24) is 4.98 Å². The highest BCUT2D eigenvalue weighted by Gasteiger charge is 2.07. The molecule has 0 fully saturated rings. The Morgan fingerprint density at radius 1 is 1.22 bits per heavy atom. The summed E-state index contributed by atoms with van der Waals surface area (Å²) in [4.78, 5) is 15.9. The van der Waals surface area contributed by atoms with Gasteiger partial charge in [0.05, 0.1) is 11.9 Å². The topological polar surface area (TPSA) is 42.0 Å². The number of aryl methyl sites for hydroxylation is 1. The first-order chi connectivity index (χ1) is 8.54. The number of pyridine rings is 1. The maximum atomic E-state index is 12.0. The molecule has 1 aromatic carbocycles. The zero-order valence-electron chi connectivity index (χ0n) is 9.58. The molecule has 1 amide bonds. The van der Waals surface area contributed by atoms with E-state index in [2.05, 4.69) is 10.3 Å². The number of anilines is 1. The molecule has 0 bridgehead atoms. The first kappa shape index (κ1) is 12.9. The average molecular weight is 281 g/mol. The number of hydrogen-bond donors (Lipinski definition) is 1. The van der Waals surface area contributed by atoms with Crippen molar-refractivity contribution in [1.29, 1.82) is 0 Å². The molecule has 0 aliphatic heterocycles. The Kier molecular flexibility index (Phi) is 3.84. The summed E-state index contributed by atoms with van der Waals surface area (Å²) in [5.74, 6) is -0.232. The highest BCUT2D eigenvalue weighted by atomic mass is 35.5. The fourth-order valence-electron chi connectivity index (χ4n) is 1.52. The van der Waals surface area contributed by atoms with Crippen molar-refractivity contribution < 1.29 is 4.79 Å². The van der Waals surface area contributed by atoms with Gasteiger partial charge in [-0.25, -0.2) is 4.98 Å². The van der Waals surface area contributed by atoms with Crippen LogP contribution in [0.4, 0.5) is 5.69 Å². The van der Waals surface area contributed by atoms with Gasteiger partial charge in [-0.2, -0.15) is 0 Å². The molecule has 2 rings (SSSR count). The van der Waals surface area contributed by atoms with Gasteiger partial charge in [0.25, 0.3) is 5.91 Å². The van der Waals surface area contributed by atoms with Crippen molar-refractivity contribution in [2.75, 3.05) is 5.32 Å². The third-order valence-corrected chi connectivity index (χ3v) is 2.73. The Bertz CT molecular complexity index is 562. The lowest BCUT2D eigenvalue weighted by Gasteiger charge is -2.06. The Hall–Kier alpha value is -1.58. The minimum Gasteiger partial charge on any atom is -0.321 e. The van der Waals surface area contributed by atoms with E-state index in [1.54, 1.807) is 30.3 Å². The molecule has 5 heteroatoms. The van der Waals surface area contributed by atoms with Crippen molar-refractivity contribution in [2.45, 2.75) is 6.92 Å². The van der Waals surface area contributed by atoms with Gasteiger partial charge in [0.15, 0.2) is 0 Å². The van der Waals surface area contributed by atoms with Crippen LogP contribution in [0.3, 0.4) is 0 Å². The lowest BCUT2D eigenvalue weighted by atomic mass is 10.1. The predicted octanol–water partition coefficient (Wildman–Crippen LogP) is 3.95. The molecular formula is C13H10Cl2N2O. The van der Waals surface area contributed by atoms with Crippen LogP contribution in [0.2, 0.25) is 10.2 Å². The van der Waals surface area contributed by atoms with Gasteiger partial charge in [-0.3, -0.25) is 4.79 Å². The highest BCUT2D eigenvalue weighted by Crippen LogP contribution is 2.16. The van der Waals surface area contributed by atoms with E-state index in [-0.39, 0.29) is 5.91 Å². The van der Waals surface area contributed by atoms with Crippen molar-refractivity contribution in [3.05, 3.63) is 57.8 Å². The number of hydrogen-bond acceptors (Lipinski definition) is 2. The van der Waals surface area contributed by atoms with Gasteiger partial charge < -0.3 is 5.32 Å². The number of nitrogens with one attached hydrogen (secondary N) is 1. The molecule has 1 aromatic heterocycles. The number of aromatic nitrogens is 1. The molecule has 18 heavy (non-hydrogen) atoms. The minimum absolute atomic E-state index is 0.232. The van der Waals surface area contributed by atoms with Gasteiger partial charge in [0.2, 0.25) is 0 Å². The fraction of sp³-hybridized carbons (Fsp3) is 0.0769. The zero-order chi connectivity index (χ0) is 13.1. The van der Waals surface area contributed by atoms with Crippen LogP contribution in [0.5, 0.6) is 0 Å². The van der Waals surface area contributed by atoms with Crippen LogP contribution in [0.25, 0.3) is 0 Å². The largest absolute Gasteiger partial charge is 0.321 e. The summed E-state index contributed by atoms with van der Waals surface area (Å²) in [6.45, 7) is 1.88. The zero-order valence-corrected chi connectivity index (χ0v) is 11.1. The van der Waals surface area contributed by atoms with Crippen molar-refractivity contribution in [3.8, 4) is 0 Å². The molecule has 0 saturated carbocycles. The van der Waals surface area contributed by atoms with Crippen LogP contribution in [0, 0.1) is 6.92 Å². The molecular weight excluding hydrogens is 271 g/mol. The molecule has 0 unspecified atom stereocenters. The molecule has 92 valence electrons. The van der Waals surface area contributed by atoms with Gasteiger partial charge in [0, 0.05) is 10.6 Å². The summed E-state index contributed by atoms with van der Waals surface area (Å²) in [6, 6.07) is 8.48. The number of carbonyl (C=O) groups excluding carboxylic acids is 1. The Morgan fingerprint density at radius 3 is 2.61 bits per heavy atom. The second-order valence-electron chi connectivity index (χ2n) is 3.84. The third-order valence-electron chi connectivity index (χ3n) is 2.29. The Morgan fingerprint density at radius 2 is 2.00 bits per heavy atom. The summed E-state index contributed by atoms with van der Waals surface area (Å²) in [5.41, 5.74) is 2.03. The van der Waals surface area contributed by atoms with Gasteiger partial charge in [-0.05, 0) is 42.8 Å². The monoisotopic (exact) mass is 280 g/mol. The van der Waals surface area contributed by atoms with E-state index >= 15 is 0 Å². The summed E-state index contributed by atoms with van der Waals surface area (Å²) in [7, 11) is 0. The molecule has 0 aliphatic rings. The summed E-state index contributed by atoms with van der Waals surface area (Å²) in [5, 5.41) is 3.64. The van der Waals surface area contributed by atoms with Crippen LogP contribution < -0.4 is 5.32 Å². The lowest BCUT2D eigenvalue weighted by molar-refractivity contribution is 0.102. The average Bonchev–Trinajstić information content (AvgIpc) is 2.31. The van der Waals surface area contributed by atoms with Crippen LogP contribution in [-0.2, 0) is 0 Å². The molecule has 2 aromatic rings. The smallest absolute Gasteiger partial charge is 0.255 e. The van der Waals surface area contributed by atoms with Crippen LogP contribution in [0.1, 0.15) is 15.9 Å². The number of benzene rings is 1. The van der Waals surface area contributed by atoms with E-state index in [1.807, 2.05) is 6.92 Å². The maximum Gasteiger partial charge on any atom is 0.255 e. The molecule has 0 aliphatic carbocycles. The van der Waals surface area contributed by atoms with Gasteiger partial charge in [0.1, 0.15) is 5.15 Å². The van der Waals surface area contributed by atoms with Crippen molar-refractivity contribution in [2.24, 2.45) is 0 Å². The van der Waals surface area contributed by atoms with Gasteiger partial charge in [-0.15, -0.1) is 0 Å². The van der Waals surface area contributed by atoms with Crippen molar-refractivity contribution in [3.63, 3.8) is 0 Å². The van der Waals surface area contributed by atoms with E-state index in [4.69, 9.17) is 23.2 Å². The van der Waals surface area contributed by atoms with E-state index in [9.17, 15) is 4.79 Å². The SMILES string of the molecule is Cc1cc(Cl)cc(C(=O)Nc2ccc(Cl)nc2)c1. The molecule has 0 radical (unpaired) electrons. The van der Waals surface area contributed by atoms with E-state index in [0.29, 0.717) is 21.4 Å². The first-order valence-corrected chi connectivity index (χ1v) is 6.00. The van der Waals surface area contributed by atoms with Gasteiger partial charge in [-0.1, -0.05) is 23.2 Å². The standard InChI is InChI=1S/C13H10Cl2N2O/c1-8-4-9(6-10(14)5-8)13(18)17-11-2-3-12(15)16-7-11/h2-7H,1H3,(H,17,18). The number of rotatable bonds is 2. The number of amides is 1. The molecule has 0 spiro atoms. The van der Waals surface area contributed by atoms with Crippen LogP contribution in [0.15, 0.2) is 36.5 Å². The third kappa shape index (κ3) is 3.22. The first-order valence-electron chi connectivity index (χ1n) is 5.25. The van der Waals surface area contributed by atoms with Crippen LogP contribution >= 0.6 is 23.2 Å². The molecule has 0 saturated heterocycles. The van der Waals surface area contributed by atoms with Crippen molar-refractivity contribution >= 4 is 34.8 Å². The molecule has 3 nitrogen and oxygen atoms in total. The van der Waals surface area contributed by atoms with E-state index in [1.165, 1.54) is 6.20 Å². The predicted molar refractivity (Wildman–Crippen MR) is 73.4 cm³/mol. The normalized spacial score (nSPS) is 10.2. The molecule has 0 atom stereocenters. The maximum absolute atomic E-state index is 12.0. The van der Waals surface area contributed by atoms with Gasteiger partial charge >= 0.3 is 0 Å². The second kappa shape index (κ2) is 5.38. The summed E-state index contributed by atoms with van der Waals surface area (Å²) < 4.78 is 0. The lowest BCUT2D eigenvalue weighted by Crippen LogP contribution is -2.12. The Labute approximate surface area is 115 Å². The van der Waals surface area contributed by atoms with Crippen LogP contribution in [-0.4, -0.2) is 10.9 Å². The highest BCUT2D eigenvalue weighted by molar-refractivity contribution is 6.31. The minimum atomic E-state index is -0.232. The molecule has 1 N–H and O–H groups in total. The quantitative estimate of drug-likeness (QED) is 0.847. The number of halogens is 2. The number of nitrogens with zero attached hydrogens (tertiary/aromatic N) is 1. The summed E-state index contributed by atoms with van der Waals surface area (Å²) >= 11 is 11.6. The van der Waals surface area contributed by atoms with E-state index in [0.717, 1.165) is 5.56 Å². The summed E-state index contributed by atoms with van der Waals surface area (Å²) in [6.07, 6.45) is 1.50. The van der Waals surface area contributed by atoms with E-state index < -0.39 is 0 Å². The fourth-order valence-corrected chi connectivity index (χ4v) is 1.92. The number of carbonyl (C=O) groups is 1. The molecule has 1 heterocycles.